The smallest absolute Gasteiger partial charge is 0.234 e. The van der Waals surface area contributed by atoms with E-state index >= 15 is 0 Å². The van der Waals surface area contributed by atoms with Crippen LogP contribution in [0.5, 0.6) is 0 Å². The largest absolute Gasteiger partial charge is 0.352 e. The molecule has 4 rings (SSSR count). The minimum atomic E-state index is -0.502. The fourth-order valence-electron chi connectivity index (χ4n) is 4.55. The maximum atomic E-state index is 13.3. The van der Waals surface area contributed by atoms with Gasteiger partial charge in [-0.2, -0.15) is 5.26 Å². The number of benzene rings is 2. The third kappa shape index (κ3) is 5.43. The lowest BCUT2D eigenvalue weighted by atomic mass is 9.69. The highest BCUT2D eigenvalue weighted by Gasteiger charge is 2.41. The molecule has 2 aromatic carbocycles. The molecular formula is C27H25Cl2N3O2S. The molecule has 5 nitrogen and oxygen atoms in total. The number of thioether (sulfide) groups is 1. The van der Waals surface area contributed by atoms with Crippen molar-refractivity contribution < 1.29 is 9.59 Å². The van der Waals surface area contributed by atoms with E-state index in [0.29, 0.717) is 44.7 Å². The highest BCUT2D eigenvalue weighted by atomic mass is 35.5. The van der Waals surface area contributed by atoms with Gasteiger partial charge in [-0.3, -0.25) is 9.59 Å². The third-order valence-corrected chi connectivity index (χ3v) is 7.90. The molecule has 0 saturated heterocycles. The summed E-state index contributed by atoms with van der Waals surface area (Å²) in [5.41, 5.74) is 3.94. The first-order valence-electron chi connectivity index (χ1n) is 11.2. The van der Waals surface area contributed by atoms with Gasteiger partial charge in [-0.1, -0.05) is 67.0 Å². The van der Waals surface area contributed by atoms with Gasteiger partial charge in [-0.15, -0.1) is 0 Å². The molecule has 8 heteroatoms. The maximum absolute atomic E-state index is 13.3. The lowest BCUT2D eigenvalue weighted by molar-refractivity contribution is -0.118. The van der Waals surface area contributed by atoms with Gasteiger partial charge in [-0.25, -0.2) is 0 Å². The molecule has 2 aromatic rings. The summed E-state index contributed by atoms with van der Waals surface area (Å²) in [6, 6.07) is 14.9. The van der Waals surface area contributed by atoms with Crippen LogP contribution in [0.2, 0.25) is 10.0 Å². The molecule has 35 heavy (non-hydrogen) atoms. The minimum Gasteiger partial charge on any atom is -0.352 e. The van der Waals surface area contributed by atoms with E-state index in [2.05, 4.69) is 30.6 Å². The Morgan fingerprint density at radius 3 is 2.60 bits per heavy atom. The van der Waals surface area contributed by atoms with Crippen molar-refractivity contribution in [3.05, 3.63) is 85.5 Å². The number of allylic oxidation sites excluding steroid dienone is 3. The summed E-state index contributed by atoms with van der Waals surface area (Å²) in [5.74, 6) is -0.588. The number of amides is 1. The number of rotatable bonds is 5. The number of hydrogen-bond donors (Lipinski definition) is 2. The molecule has 1 heterocycles. The Balaban J connectivity index is 1.65. The van der Waals surface area contributed by atoms with Gasteiger partial charge in [0.15, 0.2) is 5.78 Å². The SMILES string of the molecule is Cc1c(Cl)cccc1NC(=O)CSC1=C(C#N)C(c2ccc(Cl)cc2)C2=C(CC(C)(C)CC2=O)N1. The molecule has 2 aliphatic rings. The number of Topliss-reactive ketones (excluding diaryl/α,β-unsaturated/α-hetero) is 1. The van der Waals surface area contributed by atoms with Crippen molar-refractivity contribution >= 4 is 52.3 Å². The van der Waals surface area contributed by atoms with Crippen molar-refractivity contribution in [2.45, 2.75) is 39.5 Å². The van der Waals surface area contributed by atoms with Crippen LogP contribution >= 0.6 is 35.0 Å². The van der Waals surface area contributed by atoms with E-state index in [9.17, 15) is 14.9 Å². The molecule has 0 saturated carbocycles. The number of nitrogens with zero attached hydrogens (tertiary/aromatic N) is 1. The molecule has 180 valence electrons. The lowest BCUT2D eigenvalue weighted by Crippen LogP contribution is -2.37. The molecule has 0 bridgehead atoms. The van der Waals surface area contributed by atoms with E-state index in [1.165, 1.54) is 11.8 Å². The number of nitrogens with one attached hydrogen (secondary N) is 2. The van der Waals surface area contributed by atoms with Gasteiger partial charge in [0.05, 0.1) is 28.3 Å². The molecule has 2 N–H and O–H groups in total. The first-order chi connectivity index (χ1) is 16.6. The molecule has 0 spiro atoms. The van der Waals surface area contributed by atoms with Crippen LogP contribution in [-0.2, 0) is 9.59 Å². The Hall–Kier alpha value is -2.72. The first-order valence-corrected chi connectivity index (χ1v) is 12.9. The van der Waals surface area contributed by atoms with Gasteiger partial charge in [-0.05, 0) is 54.2 Å². The van der Waals surface area contributed by atoms with E-state index in [1.54, 1.807) is 30.3 Å². The topological polar surface area (TPSA) is 82.0 Å². The zero-order valence-corrected chi connectivity index (χ0v) is 22.0. The van der Waals surface area contributed by atoms with Crippen molar-refractivity contribution in [2.75, 3.05) is 11.1 Å². The standard InChI is InChI=1S/C27H25Cl2N3O2S/c1-15-19(29)5-4-6-20(15)31-23(34)14-35-26-18(13-30)24(16-7-9-17(28)10-8-16)25-21(32-26)11-27(2,3)12-22(25)33/h4-10,24,32H,11-12,14H2,1-3H3,(H,31,34). The number of hydrogen-bond acceptors (Lipinski definition) is 5. The Morgan fingerprint density at radius 2 is 1.91 bits per heavy atom. The van der Waals surface area contributed by atoms with Gasteiger partial charge in [0, 0.05) is 33.4 Å². The van der Waals surface area contributed by atoms with E-state index in [4.69, 9.17) is 23.2 Å². The Kier molecular flexibility index (Phi) is 7.32. The van der Waals surface area contributed by atoms with Crippen molar-refractivity contribution in [3.8, 4) is 6.07 Å². The quantitative estimate of drug-likeness (QED) is 0.451. The zero-order valence-electron chi connectivity index (χ0n) is 19.7. The van der Waals surface area contributed by atoms with Gasteiger partial charge in [0.2, 0.25) is 5.91 Å². The van der Waals surface area contributed by atoms with Crippen LogP contribution in [0.15, 0.2) is 64.3 Å². The van der Waals surface area contributed by atoms with E-state index in [-0.39, 0.29) is 22.9 Å². The number of ketones is 1. The van der Waals surface area contributed by atoms with Gasteiger partial charge < -0.3 is 10.6 Å². The molecule has 1 unspecified atom stereocenters. The zero-order chi connectivity index (χ0) is 25.3. The minimum absolute atomic E-state index is 0.0367. The van der Waals surface area contributed by atoms with Crippen molar-refractivity contribution in [1.29, 1.82) is 5.26 Å². The van der Waals surface area contributed by atoms with E-state index < -0.39 is 5.92 Å². The van der Waals surface area contributed by atoms with Crippen LogP contribution < -0.4 is 10.6 Å². The summed E-state index contributed by atoms with van der Waals surface area (Å²) in [6.45, 7) is 5.96. The molecule has 1 amide bonds. The van der Waals surface area contributed by atoms with Crippen LogP contribution in [0.1, 0.15) is 43.7 Å². The third-order valence-electron chi connectivity index (χ3n) is 6.22. The predicted octanol–water partition coefficient (Wildman–Crippen LogP) is 6.74. The average Bonchev–Trinajstić information content (AvgIpc) is 2.79. The summed E-state index contributed by atoms with van der Waals surface area (Å²) in [7, 11) is 0. The molecule has 0 radical (unpaired) electrons. The number of carbonyl (C=O) groups is 2. The van der Waals surface area contributed by atoms with Crippen molar-refractivity contribution in [1.82, 2.24) is 5.32 Å². The number of anilines is 1. The Bertz CT molecular complexity index is 1310. The summed E-state index contributed by atoms with van der Waals surface area (Å²) >= 11 is 13.5. The number of nitriles is 1. The molecule has 1 atom stereocenters. The number of halogens is 2. The fourth-order valence-corrected chi connectivity index (χ4v) is 5.71. The average molecular weight is 526 g/mol. The Morgan fingerprint density at radius 1 is 1.20 bits per heavy atom. The fraction of sp³-hybridized carbons (Fsp3) is 0.296. The second-order valence-corrected chi connectivity index (χ2v) is 11.4. The van der Waals surface area contributed by atoms with Crippen LogP contribution in [0.4, 0.5) is 5.69 Å². The summed E-state index contributed by atoms with van der Waals surface area (Å²) in [5, 5.41) is 18.1. The summed E-state index contributed by atoms with van der Waals surface area (Å²) < 4.78 is 0. The van der Waals surface area contributed by atoms with Gasteiger partial charge in [0.25, 0.3) is 0 Å². The van der Waals surface area contributed by atoms with Gasteiger partial charge >= 0.3 is 0 Å². The lowest BCUT2D eigenvalue weighted by Gasteiger charge is -2.39. The number of carbonyl (C=O) groups excluding carboxylic acids is 2. The maximum Gasteiger partial charge on any atom is 0.234 e. The molecule has 0 aromatic heterocycles. The second kappa shape index (κ2) is 10.1. The van der Waals surface area contributed by atoms with Crippen LogP contribution in [-0.4, -0.2) is 17.4 Å². The Labute approximate surface area is 219 Å². The first kappa shape index (κ1) is 25.4. The predicted molar refractivity (Wildman–Crippen MR) is 142 cm³/mol. The summed E-state index contributed by atoms with van der Waals surface area (Å²) in [4.78, 5) is 26.0. The molecule has 1 aliphatic heterocycles. The van der Waals surface area contributed by atoms with E-state index in [1.807, 2.05) is 19.1 Å². The monoisotopic (exact) mass is 525 g/mol. The number of dihydropyridines is 1. The highest BCUT2D eigenvalue weighted by molar-refractivity contribution is 8.03. The van der Waals surface area contributed by atoms with Crippen molar-refractivity contribution in [3.63, 3.8) is 0 Å². The second-order valence-electron chi connectivity index (χ2n) is 9.55. The van der Waals surface area contributed by atoms with Gasteiger partial charge in [0.1, 0.15) is 0 Å². The van der Waals surface area contributed by atoms with E-state index in [0.717, 1.165) is 16.8 Å². The van der Waals surface area contributed by atoms with Crippen LogP contribution in [0, 0.1) is 23.7 Å². The molecule has 1 aliphatic carbocycles. The normalized spacial score (nSPS) is 19.1. The molecular weight excluding hydrogens is 501 g/mol. The highest BCUT2D eigenvalue weighted by Crippen LogP contribution is 2.48. The summed E-state index contributed by atoms with van der Waals surface area (Å²) in [6.07, 6.45) is 1.09. The van der Waals surface area contributed by atoms with Crippen molar-refractivity contribution in [2.24, 2.45) is 5.41 Å². The van der Waals surface area contributed by atoms with Crippen LogP contribution in [0.3, 0.4) is 0 Å². The molecule has 0 fully saturated rings. The van der Waals surface area contributed by atoms with Crippen LogP contribution in [0.25, 0.3) is 0 Å².